The van der Waals surface area contributed by atoms with E-state index in [4.69, 9.17) is 4.74 Å². The lowest BCUT2D eigenvalue weighted by Crippen LogP contribution is -2.61. The lowest BCUT2D eigenvalue weighted by atomic mass is 10.2. The maximum Gasteiger partial charge on any atom is 0.407 e. The Bertz CT molecular complexity index is 471. The molecule has 5 heteroatoms. The highest BCUT2D eigenvalue weighted by atomic mass is 16.5. The molecule has 1 aromatic rings. The van der Waals surface area contributed by atoms with Crippen LogP contribution in [-0.4, -0.2) is 31.2 Å². The highest BCUT2D eigenvalue weighted by Gasteiger charge is 2.29. The summed E-state index contributed by atoms with van der Waals surface area (Å²) in [6, 6.07) is 9.45. The zero-order valence-corrected chi connectivity index (χ0v) is 10.5. The molecule has 0 unspecified atom stereocenters. The Balaban J connectivity index is 1.60. The van der Waals surface area contributed by atoms with Crippen LogP contribution in [0.15, 0.2) is 36.4 Å². The fourth-order valence-corrected chi connectivity index (χ4v) is 1.59. The molecule has 5 nitrogen and oxygen atoms in total. The highest BCUT2D eigenvalue weighted by Crippen LogP contribution is 2.02. The van der Waals surface area contributed by atoms with Gasteiger partial charge in [-0.05, 0) is 12.0 Å². The average Bonchev–Trinajstić information content (AvgIpc) is 2.44. The second kappa shape index (κ2) is 6.58. The van der Waals surface area contributed by atoms with Crippen molar-refractivity contribution in [2.75, 3.05) is 13.2 Å². The second-order valence-electron chi connectivity index (χ2n) is 4.18. The summed E-state index contributed by atoms with van der Waals surface area (Å²) in [7, 11) is 0. The van der Waals surface area contributed by atoms with Crippen molar-refractivity contribution >= 4 is 18.1 Å². The first-order valence-electron chi connectivity index (χ1n) is 6.18. The minimum absolute atomic E-state index is 0.166. The number of ether oxygens (including phenoxy) is 1. The Labute approximate surface area is 111 Å². The predicted octanol–water partition coefficient (Wildman–Crippen LogP) is 1.31. The van der Waals surface area contributed by atoms with Crippen LogP contribution in [-0.2, 0) is 9.53 Å². The molecule has 2 N–H and O–H groups in total. The van der Waals surface area contributed by atoms with Gasteiger partial charge in [-0.1, -0.05) is 42.5 Å². The fourth-order valence-electron chi connectivity index (χ4n) is 1.59. The van der Waals surface area contributed by atoms with E-state index < -0.39 is 12.1 Å². The monoisotopic (exact) mass is 260 g/mol. The quantitative estimate of drug-likeness (QED) is 0.619. The maximum absolute atomic E-state index is 11.3. The first-order chi connectivity index (χ1) is 9.25. The SMILES string of the molecule is O=C(N[C@H]1CNC1=O)OCC/C=C\c1ccccc1. The minimum Gasteiger partial charge on any atom is -0.449 e. The normalized spacial score (nSPS) is 17.7. The van der Waals surface area contributed by atoms with Crippen LogP contribution in [0.1, 0.15) is 12.0 Å². The number of amides is 2. The van der Waals surface area contributed by atoms with Gasteiger partial charge in [0.25, 0.3) is 0 Å². The van der Waals surface area contributed by atoms with Gasteiger partial charge in [0.1, 0.15) is 6.04 Å². The summed E-state index contributed by atoms with van der Waals surface area (Å²) in [5, 5.41) is 5.02. The Morgan fingerprint density at radius 2 is 2.21 bits per heavy atom. The van der Waals surface area contributed by atoms with Gasteiger partial charge in [0.05, 0.1) is 6.61 Å². The molecule has 2 amide bonds. The van der Waals surface area contributed by atoms with Crippen molar-refractivity contribution in [1.29, 1.82) is 0 Å². The van der Waals surface area contributed by atoms with Crippen molar-refractivity contribution in [3.8, 4) is 0 Å². The number of benzene rings is 1. The van der Waals surface area contributed by atoms with Crippen LogP contribution in [0.5, 0.6) is 0 Å². The van der Waals surface area contributed by atoms with E-state index in [1.807, 2.05) is 42.5 Å². The van der Waals surface area contributed by atoms with Crippen molar-refractivity contribution in [2.24, 2.45) is 0 Å². The molecule has 0 bridgehead atoms. The van der Waals surface area contributed by atoms with Gasteiger partial charge < -0.3 is 15.4 Å². The Morgan fingerprint density at radius 3 is 2.84 bits per heavy atom. The topological polar surface area (TPSA) is 67.4 Å². The Hall–Kier alpha value is -2.30. The van der Waals surface area contributed by atoms with Crippen LogP contribution < -0.4 is 10.6 Å². The predicted molar refractivity (Wildman–Crippen MR) is 71.4 cm³/mol. The standard InChI is InChI=1S/C14H16N2O3/c17-13-12(10-15-13)16-14(18)19-9-5-4-8-11-6-2-1-3-7-11/h1-4,6-8,12H,5,9-10H2,(H,15,17)(H,16,18)/b8-4-/t12-/m0/s1. The van der Waals surface area contributed by atoms with Crippen LogP contribution in [0, 0.1) is 0 Å². The number of alkyl carbamates (subject to hydrolysis) is 1. The van der Waals surface area contributed by atoms with Gasteiger partial charge >= 0.3 is 6.09 Å². The molecule has 1 aromatic carbocycles. The molecule has 19 heavy (non-hydrogen) atoms. The summed E-state index contributed by atoms with van der Waals surface area (Å²) >= 11 is 0. The van der Waals surface area contributed by atoms with Gasteiger partial charge in [0, 0.05) is 6.54 Å². The number of carbonyl (C=O) groups excluding carboxylic acids is 2. The van der Waals surface area contributed by atoms with E-state index in [9.17, 15) is 9.59 Å². The molecule has 1 aliphatic heterocycles. The van der Waals surface area contributed by atoms with Crippen LogP contribution in [0.25, 0.3) is 6.08 Å². The van der Waals surface area contributed by atoms with Crippen molar-refractivity contribution in [2.45, 2.75) is 12.5 Å². The third kappa shape index (κ3) is 4.13. The van der Waals surface area contributed by atoms with Crippen LogP contribution >= 0.6 is 0 Å². The Morgan fingerprint density at radius 1 is 1.42 bits per heavy atom. The van der Waals surface area contributed by atoms with E-state index in [0.29, 0.717) is 19.6 Å². The summed E-state index contributed by atoms with van der Waals surface area (Å²) in [5.41, 5.74) is 1.11. The van der Waals surface area contributed by atoms with Crippen LogP contribution in [0.2, 0.25) is 0 Å². The number of nitrogens with one attached hydrogen (secondary N) is 2. The third-order valence-electron chi connectivity index (χ3n) is 2.72. The van der Waals surface area contributed by atoms with Crippen LogP contribution in [0.4, 0.5) is 4.79 Å². The van der Waals surface area contributed by atoms with Crippen molar-refractivity contribution in [1.82, 2.24) is 10.6 Å². The highest BCUT2D eigenvalue weighted by molar-refractivity contribution is 5.90. The molecule has 0 radical (unpaired) electrons. The van der Waals surface area contributed by atoms with Gasteiger partial charge in [-0.3, -0.25) is 4.79 Å². The smallest absolute Gasteiger partial charge is 0.407 e. The number of hydrogen-bond acceptors (Lipinski definition) is 3. The van der Waals surface area contributed by atoms with E-state index in [0.717, 1.165) is 5.56 Å². The molecule has 1 aliphatic rings. The van der Waals surface area contributed by atoms with Gasteiger partial charge in [-0.15, -0.1) is 0 Å². The molecule has 2 rings (SSSR count). The first-order valence-corrected chi connectivity index (χ1v) is 6.18. The van der Waals surface area contributed by atoms with Crippen LogP contribution in [0.3, 0.4) is 0 Å². The van der Waals surface area contributed by atoms with Crippen molar-refractivity contribution < 1.29 is 14.3 Å². The lowest BCUT2D eigenvalue weighted by molar-refractivity contribution is -0.128. The molecule has 0 aliphatic carbocycles. The molecule has 1 heterocycles. The molecule has 1 atom stereocenters. The molecule has 0 aromatic heterocycles. The van der Waals surface area contributed by atoms with E-state index in [-0.39, 0.29) is 5.91 Å². The second-order valence-corrected chi connectivity index (χ2v) is 4.18. The molecule has 0 saturated carbocycles. The van der Waals surface area contributed by atoms with Gasteiger partial charge in [-0.25, -0.2) is 4.79 Å². The summed E-state index contributed by atoms with van der Waals surface area (Å²) in [4.78, 5) is 22.2. The zero-order valence-electron chi connectivity index (χ0n) is 10.5. The first kappa shape index (κ1) is 13.1. The maximum atomic E-state index is 11.3. The average molecular weight is 260 g/mol. The minimum atomic E-state index is -0.548. The van der Waals surface area contributed by atoms with E-state index in [1.165, 1.54) is 0 Å². The van der Waals surface area contributed by atoms with Gasteiger partial charge in [-0.2, -0.15) is 0 Å². The van der Waals surface area contributed by atoms with E-state index >= 15 is 0 Å². The molecule has 0 spiro atoms. The molecule has 100 valence electrons. The van der Waals surface area contributed by atoms with Gasteiger partial charge in [0.15, 0.2) is 0 Å². The van der Waals surface area contributed by atoms with E-state index in [1.54, 1.807) is 0 Å². The summed E-state index contributed by atoms with van der Waals surface area (Å²) < 4.78 is 4.95. The van der Waals surface area contributed by atoms with E-state index in [2.05, 4.69) is 10.6 Å². The summed E-state index contributed by atoms with van der Waals surface area (Å²) in [6.07, 6.45) is 4.01. The number of carbonyl (C=O) groups is 2. The fraction of sp³-hybridized carbons (Fsp3) is 0.286. The third-order valence-corrected chi connectivity index (χ3v) is 2.72. The molecule has 1 saturated heterocycles. The molecular weight excluding hydrogens is 244 g/mol. The Kier molecular flexibility index (Phi) is 4.55. The molecule has 1 fully saturated rings. The van der Waals surface area contributed by atoms with Crippen molar-refractivity contribution in [3.05, 3.63) is 42.0 Å². The number of hydrogen-bond donors (Lipinski definition) is 2. The summed E-state index contributed by atoms with van der Waals surface area (Å²) in [6.45, 7) is 0.769. The lowest BCUT2D eigenvalue weighted by Gasteiger charge is -2.26. The largest absolute Gasteiger partial charge is 0.449 e. The molecular formula is C14H16N2O3. The summed E-state index contributed by atoms with van der Waals surface area (Å²) in [5.74, 6) is -0.166. The van der Waals surface area contributed by atoms with Gasteiger partial charge in [0.2, 0.25) is 5.91 Å². The van der Waals surface area contributed by atoms with Crippen molar-refractivity contribution in [3.63, 3.8) is 0 Å². The number of β-lactam (4-membered cyclic amide) rings is 1. The zero-order chi connectivity index (χ0) is 13.5. The number of rotatable bonds is 5.